The smallest absolute Gasteiger partial charge is 0.276 e. The molecule has 0 spiro atoms. The lowest BCUT2D eigenvalue weighted by Crippen LogP contribution is -2.41. The van der Waals surface area contributed by atoms with Crippen LogP contribution in [0.15, 0.2) is 24.3 Å². The van der Waals surface area contributed by atoms with Crippen molar-refractivity contribution in [2.75, 3.05) is 33.4 Å². The zero-order valence-corrected chi connectivity index (χ0v) is 16.4. The molecule has 0 saturated carbocycles. The number of fused-ring (bicyclic) bond motifs is 1. The van der Waals surface area contributed by atoms with E-state index >= 15 is 0 Å². The molecular weight excluding hydrogens is 382 g/mol. The first-order chi connectivity index (χ1) is 13.6. The van der Waals surface area contributed by atoms with Crippen LogP contribution < -0.4 is 0 Å². The number of aryl methyl sites for hydroxylation is 1. The number of nitrogens with zero attached hydrogens (tertiary/aromatic N) is 5. The minimum absolute atomic E-state index is 0.160. The van der Waals surface area contributed by atoms with Crippen LogP contribution in [-0.2, 0) is 16.1 Å². The number of morpholine rings is 1. The van der Waals surface area contributed by atoms with Gasteiger partial charge < -0.3 is 14.4 Å². The number of hydrogen-bond acceptors (Lipinski definition) is 6. The Kier molecular flexibility index (Phi) is 5.25. The number of amides is 1. The van der Waals surface area contributed by atoms with E-state index in [1.807, 2.05) is 31.2 Å². The summed E-state index contributed by atoms with van der Waals surface area (Å²) >= 11 is 6.02. The van der Waals surface area contributed by atoms with E-state index in [0.717, 1.165) is 16.8 Å². The van der Waals surface area contributed by atoms with Crippen LogP contribution in [0.4, 0.5) is 0 Å². The summed E-state index contributed by atoms with van der Waals surface area (Å²) in [5, 5.41) is 13.9. The van der Waals surface area contributed by atoms with Crippen LogP contribution in [0.2, 0.25) is 5.02 Å². The fourth-order valence-corrected chi connectivity index (χ4v) is 3.44. The molecule has 28 heavy (non-hydrogen) atoms. The van der Waals surface area contributed by atoms with Gasteiger partial charge in [-0.15, -0.1) is 10.2 Å². The largest absolute Gasteiger partial charge is 0.378 e. The fraction of sp³-hybridized carbons (Fsp3) is 0.368. The molecule has 3 heterocycles. The van der Waals surface area contributed by atoms with Crippen molar-refractivity contribution in [3.05, 3.63) is 46.4 Å². The number of benzene rings is 1. The summed E-state index contributed by atoms with van der Waals surface area (Å²) in [5.41, 5.74) is 3.96. The lowest BCUT2D eigenvalue weighted by Gasteiger charge is -2.26. The first-order valence-electron chi connectivity index (χ1n) is 8.97. The van der Waals surface area contributed by atoms with E-state index in [1.165, 1.54) is 0 Å². The van der Waals surface area contributed by atoms with Gasteiger partial charge in [-0.1, -0.05) is 23.7 Å². The van der Waals surface area contributed by atoms with Gasteiger partial charge in [-0.2, -0.15) is 5.10 Å². The monoisotopic (exact) mass is 401 g/mol. The van der Waals surface area contributed by atoms with Crippen molar-refractivity contribution in [2.45, 2.75) is 13.5 Å². The summed E-state index contributed by atoms with van der Waals surface area (Å²) in [4.78, 5) is 14.6. The molecule has 146 valence electrons. The Morgan fingerprint density at radius 1 is 1.21 bits per heavy atom. The van der Waals surface area contributed by atoms with E-state index < -0.39 is 0 Å². The molecule has 9 heteroatoms. The van der Waals surface area contributed by atoms with E-state index in [4.69, 9.17) is 21.1 Å². The summed E-state index contributed by atoms with van der Waals surface area (Å²) in [5.74, 6) is -0.160. The Balaban J connectivity index is 1.82. The Bertz CT molecular complexity index is 1010. The first-order valence-corrected chi connectivity index (χ1v) is 9.34. The number of carbonyl (C=O) groups excluding carboxylic acids is 1. The molecule has 1 fully saturated rings. The van der Waals surface area contributed by atoms with Crippen molar-refractivity contribution < 1.29 is 14.3 Å². The third-order valence-corrected chi connectivity index (χ3v) is 5.01. The van der Waals surface area contributed by atoms with Crippen molar-refractivity contribution >= 4 is 23.2 Å². The van der Waals surface area contributed by atoms with Crippen LogP contribution in [0.25, 0.3) is 16.8 Å². The van der Waals surface area contributed by atoms with Gasteiger partial charge >= 0.3 is 0 Å². The summed E-state index contributed by atoms with van der Waals surface area (Å²) in [6, 6.07) is 7.44. The highest BCUT2D eigenvalue weighted by Crippen LogP contribution is 2.29. The highest BCUT2D eigenvalue weighted by Gasteiger charge is 2.25. The molecular formula is C19H20ClN5O3. The maximum atomic E-state index is 12.9. The minimum Gasteiger partial charge on any atom is -0.378 e. The maximum absolute atomic E-state index is 12.9. The van der Waals surface area contributed by atoms with Gasteiger partial charge in [0.2, 0.25) is 0 Å². The average molecular weight is 402 g/mol. The summed E-state index contributed by atoms with van der Waals surface area (Å²) in [7, 11) is 1.61. The fourth-order valence-electron chi connectivity index (χ4n) is 3.31. The Morgan fingerprint density at radius 3 is 2.61 bits per heavy atom. The lowest BCUT2D eigenvalue weighted by molar-refractivity contribution is 0.0297. The number of aromatic nitrogens is 4. The molecule has 0 bridgehead atoms. The van der Waals surface area contributed by atoms with Crippen LogP contribution in [0.3, 0.4) is 0 Å². The molecule has 8 nitrogen and oxygen atoms in total. The summed E-state index contributed by atoms with van der Waals surface area (Å²) in [6.45, 7) is 4.28. The second kappa shape index (κ2) is 7.83. The van der Waals surface area contributed by atoms with E-state index in [0.29, 0.717) is 55.0 Å². The molecule has 1 saturated heterocycles. The molecule has 1 aliphatic rings. The SMILES string of the molecule is COCc1nn2c(C)c(C(=O)N3CCOCC3)nnc2c1-c1ccc(Cl)cc1. The predicted octanol–water partition coefficient (Wildman–Crippen LogP) is 2.37. The molecule has 0 N–H and O–H groups in total. The van der Waals surface area contributed by atoms with Crippen molar-refractivity contribution in [1.29, 1.82) is 0 Å². The van der Waals surface area contributed by atoms with Gasteiger partial charge in [0.15, 0.2) is 11.3 Å². The Morgan fingerprint density at radius 2 is 1.93 bits per heavy atom. The molecule has 4 rings (SSSR count). The lowest BCUT2D eigenvalue weighted by atomic mass is 10.1. The predicted molar refractivity (Wildman–Crippen MR) is 103 cm³/mol. The Labute approximate surface area is 167 Å². The zero-order valence-electron chi connectivity index (χ0n) is 15.7. The van der Waals surface area contributed by atoms with Crippen molar-refractivity contribution in [2.24, 2.45) is 0 Å². The average Bonchev–Trinajstić information content (AvgIpc) is 3.08. The molecule has 0 radical (unpaired) electrons. The molecule has 0 unspecified atom stereocenters. The highest BCUT2D eigenvalue weighted by atomic mass is 35.5. The quantitative estimate of drug-likeness (QED) is 0.667. The van der Waals surface area contributed by atoms with Gasteiger partial charge in [0.05, 0.1) is 36.8 Å². The molecule has 1 amide bonds. The number of ether oxygens (including phenoxy) is 2. The Hall–Kier alpha value is -2.55. The molecule has 0 atom stereocenters. The number of rotatable bonds is 4. The first kappa shape index (κ1) is 18.8. The zero-order chi connectivity index (χ0) is 19.7. The van der Waals surface area contributed by atoms with Crippen molar-refractivity contribution in [3.8, 4) is 11.1 Å². The normalized spacial score (nSPS) is 14.6. The van der Waals surface area contributed by atoms with Crippen LogP contribution >= 0.6 is 11.6 Å². The van der Waals surface area contributed by atoms with E-state index in [9.17, 15) is 4.79 Å². The maximum Gasteiger partial charge on any atom is 0.276 e. The molecule has 1 aromatic carbocycles. The molecule has 1 aliphatic heterocycles. The van der Waals surface area contributed by atoms with Crippen LogP contribution in [0, 0.1) is 6.92 Å². The number of halogens is 1. The minimum atomic E-state index is -0.160. The van der Waals surface area contributed by atoms with Crippen LogP contribution in [0.5, 0.6) is 0 Å². The van der Waals surface area contributed by atoms with Crippen molar-refractivity contribution in [3.63, 3.8) is 0 Å². The van der Waals surface area contributed by atoms with Gasteiger partial charge in [-0.05, 0) is 24.6 Å². The van der Waals surface area contributed by atoms with Gasteiger partial charge in [0.25, 0.3) is 5.91 Å². The molecule has 3 aromatic rings. The third kappa shape index (κ3) is 3.34. The van der Waals surface area contributed by atoms with E-state index in [-0.39, 0.29) is 5.91 Å². The standard InChI is InChI=1S/C19H20ClN5O3/c1-12-17(19(26)24-7-9-28-10-8-24)21-22-18-16(13-3-5-14(20)6-4-13)15(11-27-2)23-25(12)18/h3-6H,7-11H2,1-2H3. The van der Waals surface area contributed by atoms with Gasteiger partial charge in [0, 0.05) is 25.2 Å². The second-order valence-corrected chi connectivity index (χ2v) is 6.97. The topological polar surface area (TPSA) is 81.9 Å². The van der Waals surface area contributed by atoms with Crippen LogP contribution in [-0.4, -0.2) is 64.0 Å². The van der Waals surface area contributed by atoms with Gasteiger partial charge in [-0.3, -0.25) is 4.79 Å². The van der Waals surface area contributed by atoms with E-state index in [2.05, 4.69) is 15.3 Å². The number of carbonyl (C=O) groups is 1. The van der Waals surface area contributed by atoms with E-state index in [1.54, 1.807) is 16.5 Å². The van der Waals surface area contributed by atoms with Gasteiger partial charge in [0.1, 0.15) is 0 Å². The third-order valence-electron chi connectivity index (χ3n) is 4.75. The highest BCUT2D eigenvalue weighted by molar-refractivity contribution is 6.30. The number of methoxy groups -OCH3 is 1. The molecule has 0 aliphatic carbocycles. The van der Waals surface area contributed by atoms with Crippen molar-refractivity contribution in [1.82, 2.24) is 24.7 Å². The molecule has 2 aromatic heterocycles. The van der Waals surface area contributed by atoms with Crippen LogP contribution in [0.1, 0.15) is 21.9 Å². The summed E-state index contributed by atoms with van der Waals surface area (Å²) in [6.07, 6.45) is 0. The second-order valence-electron chi connectivity index (χ2n) is 6.54. The van der Waals surface area contributed by atoms with Gasteiger partial charge in [-0.25, -0.2) is 4.52 Å². The summed E-state index contributed by atoms with van der Waals surface area (Å²) < 4.78 is 12.3. The number of hydrogen-bond donors (Lipinski definition) is 0.